The molecular formula is C23H16N6O2S. The lowest BCUT2D eigenvalue weighted by atomic mass is 10.1. The van der Waals surface area contributed by atoms with Crippen molar-refractivity contribution in [2.24, 2.45) is 7.05 Å². The van der Waals surface area contributed by atoms with E-state index in [1.165, 1.54) is 16.0 Å². The minimum absolute atomic E-state index is 0.130. The molecule has 0 aliphatic heterocycles. The first-order chi connectivity index (χ1) is 15.6. The number of rotatable bonds is 4. The van der Waals surface area contributed by atoms with Gasteiger partial charge in [-0.1, -0.05) is 42.5 Å². The molecule has 0 saturated carbocycles. The summed E-state index contributed by atoms with van der Waals surface area (Å²) in [6.07, 6.45) is 3.44. The van der Waals surface area contributed by atoms with Gasteiger partial charge >= 0.3 is 0 Å². The lowest BCUT2D eigenvalue weighted by Crippen LogP contribution is -2.24. The van der Waals surface area contributed by atoms with Crippen LogP contribution in [0.4, 0.5) is 0 Å². The Morgan fingerprint density at radius 1 is 1.06 bits per heavy atom. The molecule has 6 rings (SSSR count). The monoisotopic (exact) mass is 440 g/mol. The van der Waals surface area contributed by atoms with Crippen molar-refractivity contribution >= 4 is 49.3 Å². The Hall–Kier alpha value is -4.11. The summed E-state index contributed by atoms with van der Waals surface area (Å²) in [5.41, 5.74) is 3.38. The summed E-state index contributed by atoms with van der Waals surface area (Å²) in [4.78, 5) is 30.7. The number of aromatic amines is 1. The van der Waals surface area contributed by atoms with Gasteiger partial charge < -0.3 is 4.57 Å². The molecule has 2 aromatic carbocycles. The van der Waals surface area contributed by atoms with Crippen molar-refractivity contribution < 1.29 is 4.79 Å². The van der Waals surface area contributed by atoms with Gasteiger partial charge in [0, 0.05) is 23.4 Å². The Kier molecular flexibility index (Phi) is 4.05. The maximum absolute atomic E-state index is 13.3. The normalized spacial score (nSPS) is 11.7. The molecule has 8 nitrogen and oxygen atoms in total. The van der Waals surface area contributed by atoms with E-state index in [0.717, 1.165) is 21.2 Å². The van der Waals surface area contributed by atoms with E-state index in [-0.39, 0.29) is 11.3 Å². The molecule has 0 amide bonds. The zero-order valence-corrected chi connectivity index (χ0v) is 17.8. The number of fused-ring (bicyclic) bond motifs is 4. The third-order valence-corrected chi connectivity index (χ3v) is 6.73. The largest absolute Gasteiger partial charge is 0.323 e. The highest BCUT2D eigenvalue weighted by Crippen LogP contribution is 2.31. The lowest BCUT2D eigenvalue weighted by Gasteiger charge is -2.07. The van der Waals surface area contributed by atoms with Gasteiger partial charge in [0.05, 0.1) is 29.2 Å². The van der Waals surface area contributed by atoms with Crippen LogP contribution in [-0.4, -0.2) is 35.3 Å². The number of aromatic nitrogens is 6. The maximum Gasteiger partial charge on any atom is 0.291 e. The van der Waals surface area contributed by atoms with Crippen LogP contribution in [0.5, 0.6) is 0 Å². The van der Waals surface area contributed by atoms with Gasteiger partial charge in [-0.3, -0.25) is 14.7 Å². The number of aryl methyl sites for hydroxylation is 1. The molecule has 0 radical (unpaired) electrons. The molecule has 9 heteroatoms. The molecule has 156 valence electrons. The third-order valence-electron chi connectivity index (χ3n) is 5.65. The second-order valence-corrected chi connectivity index (χ2v) is 8.54. The van der Waals surface area contributed by atoms with Gasteiger partial charge in [-0.2, -0.15) is 10.2 Å². The second kappa shape index (κ2) is 6.96. The zero-order valence-electron chi connectivity index (χ0n) is 16.9. The van der Waals surface area contributed by atoms with E-state index in [4.69, 9.17) is 0 Å². The van der Waals surface area contributed by atoms with Gasteiger partial charge in [0.25, 0.3) is 5.56 Å². The fraction of sp³-hybridized carbons (Fsp3) is 0.0870. The van der Waals surface area contributed by atoms with Crippen LogP contribution >= 0.6 is 11.3 Å². The standard InChI is InChI=1S/C23H16N6O2S/c1-28-18-16(20-21(28)26-22(32-20)19(30)13-6-3-2-4-7-13)11-25-29(23(18)31)12-14-8-5-9-17-15(14)10-24-27-17/h2-11H,12H2,1H3,(H,24,27). The Labute approximate surface area is 184 Å². The van der Waals surface area contributed by atoms with Gasteiger partial charge in [-0.15, -0.1) is 11.3 Å². The maximum atomic E-state index is 13.3. The van der Waals surface area contributed by atoms with Gasteiger partial charge in [-0.25, -0.2) is 9.67 Å². The number of carbonyl (C=O) groups excluding carboxylic acids is 1. The fourth-order valence-electron chi connectivity index (χ4n) is 4.04. The van der Waals surface area contributed by atoms with Crippen molar-refractivity contribution in [2.45, 2.75) is 6.54 Å². The van der Waals surface area contributed by atoms with Gasteiger partial charge in [0.15, 0.2) is 10.7 Å². The topological polar surface area (TPSA) is 98.5 Å². The molecule has 0 bridgehead atoms. The number of hydrogen-bond donors (Lipinski definition) is 1. The van der Waals surface area contributed by atoms with E-state index < -0.39 is 0 Å². The molecule has 4 aromatic heterocycles. The molecule has 32 heavy (non-hydrogen) atoms. The first-order valence-electron chi connectivity index (χ1n) is 9.97. The number of H-pyrrole nitrogens is 1. The SMILES string of the molecule is Cn1c2nc(C(=O)c3ccccc3)sc2c2cnn(Cc3cccc4[nH]ncc34)c(=O)c21. The average Bonchev–Trinajstić information content (AvgIpc) is 3.53. The predicted molar refractivity (Wildman–Crippen MR) is 123 cm³/mol. The first-order valence-corrected chi connectivity index (χ1v) is 10.8. The predicted octanol–water partition coefficient (Wildman–Crippen LogP) is 3.50. The van der Waals surface area contributed by atoms with Crippen LogP contribution in [0.15, 0.2) is 65.7 Å². The van der Waals surface area contributed by atoms with E-state index in [0.29, 0.717) is 33.7 Å². The Morgan fingerprint density at radius 3 is 2.75 bits per heavy atom. The Bertz CT molecular complexity index is 1710. The van der Waals surface area contributed by atoms with E-state index >= 15 is 0 Å². The van der Waals surface area contributed by atoms with Crippen molar-refractivity contribution in [3.8, 4) is 0 Å². The quantitative estimate of drug-likeness (QED) is 0.423. The van der Waals surface area contributed by atoms with Crippen molar-refractivity contribution in [2.75, 3.05) is 0 Å². The summed E-state index contributed by atoms with van der Waals surface area (Å²) in [6, 6.07) is 14.9. The molecule has 0 saturated heterocycles. The Balaban J connectivity index is 1.46. The Morgan fingerprint density at radius 2 is 1.91 bits per heavy atom. The number of ketones is 1. The van der Waals surface area contributed by atoms with Crippen LogP contribution in [0.1, 0.15) is 20.9 Å². The number of nitrogens with one attached hydrogen (secondary N) is 1. The van der Waals surface area contributed by atoms with E-state index in [1.54, 1.807) is 36.1 Å². The van der Waals surface area contributed by atoms with E-state index in [9.17, 15) is 9.59 Å². The van der Waals surface area contributed by atoms with Crippen molar-refractivity contribution in [3.05, 3.63) is 87.4 Å². The number of benzene rings is 2. The molecular weight excluding hydrogens is 424 g/mol. The van der Waals surface area contributed by atoms with Crippen LogP contribution in [0.25, 0.3) is 32.2 Å². The van der Waals surface area contributed by atoms with Crippen LogP contribution < -0.4 is 5.56 Å². The van der Waals surface area contributed by atoms with Gasteiger partial charge in [0.2, 0.25) is 5.78 Å². The molecule has 4 heterocycles. The molecule has 1 N–H and O–H groups in total. The fourth-order valence-corrected chi connectivity index (χ4v) is 5.11. The van der Waals surface area contributed by atoms with E-state index in [2.05, 4.69) is 20.3 Å². The van der Waals surface area contributed by atoms with Crippen LogP contribution in [-0.2, 0) is 13.6 Å². The van der Waals surface area contributed by atoms with Crippen molar-refractivity contribution in [1.29, 1.82) is 0 Å². The number of carbonyl (C=O) groups is 1. The highest BCUT2D eigenvalue weighted by molar-refractivity contribution is 7.21. The number of thiazole rings is 1. The van der Waals surface area contributed by atoms with Crippen LogP contribution in [0.3, 0.4) is 0 Å². The van der Waals surface area contributed by atoms with Crippen molar-refractivity contribution in [3.63, 3.8) is 0 Å². The molecule has 0 aliphatic rings. The molecule has 0 aliphatic carbocycles. The number of nitrogens with zero attached hydrogens (tertiary/aromatic N) is 5. The molecule has 0 fully saturated rings. The highest BCUT2D eigenvalue weighted by atomic mass is 32.1. The zero-order chi connectivity index (χ0) is 21.8. The lowest BCUT2D eigenvalue weighted by molar-refractivity contribution is 0.103. The molecule has 6 aromatic rings. The van der Waals surface area contributed by atoms with Crippen molar-refractivity contribution in [1.82, 2.24) is 29.5 Å². The summed E-state index contributed by atoms with van der Waals surface area (Å²) < 4.78 is 3.99. The smallest absolute Gasteiger partial charge is 0.291 e. The third kappa shape index (κ3) is 2.71. The average molecular weight is 440 g/mol. The summed E-state index contributed by atoms with van der Waals surface area (Å²) >= 11 is 1.29. The minimum Gasteiger partial charge on any atom is -0.323 e. The number of hydrogen-bond acceptors (Lipinski definition) is 6. The highest BCUT2D eigenvalue weighted by Gasteiger charge is 2.21. The summed E-state index contributed by atoms with van der Waals surface area (Å²) in [5.74, 6) is -0.130. The van der Waals surface area contributed by atoms with Gasteiger partial charge in [0.1, 0.15) is 5.52 Å². The van der Waals surface area contributed by atoms with E-state index in [1.807, 2.05) is 36.4 Å². The van der Waals surface area contributed by atoms with Gasteiger partial charge in [-0.05, 0) is 11.6 Å². The molecule has 0 atom stereocenters. The summed E-state index contributed by atoms with van der Waals surface area (Å²) in [5, 5.41) is 13.5. The van der Waals surface area contributed by atoms with Crippen LogP contribution in [0.2, 0.25) is 0 Å². The molecule has 0 unspecified atom stereocenters. The first kappa shape index (κ1) is 18.6. The summed E-state index contributed by atoms with van der Waals surface area (Å²) in [7, 11) is 1.80. The van der Waals surface area contributed by atoms with Crippen LogP contribution in [0, 0.1) is 0 Å². The molecule has 0 spiro atoms. The minimum atomic E-state index is -0.202. The second-order valence-electron chi connectivity index (χ2n) is 7.54. The summed E-state index contributed by atoms with van der Waals surface area (Å²) in [6.45, 7) is 0.329.